The number of sulfone groups is 1. The average Bonchev–Trinajstić information content (AvgIpc) is 2.25. The van der Waals surface area contributed by atoms with E-state index in [4.69, 9.17) is 5.11 Å². The Balaban J connectivity index is 2.43. The van der Waals surface area contributed by atoms with Gasteiger partial charge in [-0.25, -0.2) is 8.42 Å². The van der Waals surface area contributed by atoms with Crippen molar-refractivity contribution in [2.24, 2.45) is 0 Å². The molecule has 0 spiro atoms. The Labute approximate surface area is 113 Å². The van der Waals surface area contributed by atoms with Crippen molar-refractivity contribution in [1.29, 1.82) is 0 Å². The molecule has 1 aliphatic carbocycles. The quantitative estimate of drug-likeness (QED) is 0.931. The summed E-state index contributed by atoms with van der Waals surface area (Å²) >= 11 is 0. The molecule has 0 atom stereocenters. The summed E-state index contributed by atoms with van der Waals surface area (Å²) in [5, 5.41) is 9.11. The van der Waals surface area contributed by atoms with Crippen LogP contribution in [-0.2, 0) is 20.8 Å². The van der Waals surface area contributed by atoms with Gasteiger partial charge in [-0.1, -0.05) is 0 Å². The van der Waals surface area contributed by atoms with Crippen molar-refractivity contribution < 1.29 is 31.5 Å². The highest BCUT2D eigenvalue weighted by atomic mass is 32.2. The maximum absolute atomic E-state index is 12.4. The molecule has 4 nitrogen and oxygen atoms in total. The SMILES string of the molecule is O=C(O)C1(S(=O)(=O)c2ccc(C(F)(F)F)cc2)CCC1. The first kappa shape index (κ1) is 14.8. The number of carbonyl (C=O) groups is 1. The molecule has 2 rings (SSSR count). The van der Waals surface area contributed by atoms with Gasteiger partial charge in [-0.2, -0.15) is 13.2 Å². The van der Waals surface area contributed by atoms with E-state index in [0.717, 1.165) is 12.1 Å². The topological polar surface area (TPSA) is 71.4 Å². The molecule has 1 N–H and O–H groups in total. The molecule has 0 amide bonds. The summed E-state index contributed by atoms with van der Waals surface area (Å²) in [4.78, 5) is 10.8. The molecule has 0 heterocycles. The number of carboxylic acid groups (broad SMARTS) is 1. The number of hydrogen-bond acceptors (Lipinski definition) is 3. The van der Waals surface area contributed by atoms with Crippen LogP contribution >= 0.6 is 0 Å². The van der Waals surface area contributed by atoms with Gasteiger partial charge in [0.25, 0.3) is 0 Å². The van der Waals surface area contributed by atoms with Gasteiger partial charge in [0.1, 0.15) is 0 Å². The van der Waals surface area contributed by atoms with Crippen LogP contribution in [0.5, 0.6) is 0 Å². The van der Waals surface area contributed by atoms with E-state index in [9.17, 15) is 26.4 Å². The maximum atomic E-state index is 12.4. The van der Waals surface area contributed by atoms with Crippen molar-refractivity contribution in [3.63, 3.8) is 0 Å². The third kappa shape index (κ3) is 2.07. The summed E-state index contributed by atoms with van der Waals surface area (Å²) in [7, 11) is -4.19. The lowest BCUT2D eigenvalue weighted by atomic mass is 9.84. The molecule has 1 aromatic rings. The molecule has 0 unspecified atom stereocenters. The molecule has 1 aliphatic rings. The number of rotatable bonds is 3. The number of hydrogen-bond donors (Lipinski definition) is 1. The molecule has 1 aromatic carbocycles. The van der Waals surface area contributed by atoms with E-state index in [1.807, 2.05) is 0 Å². The van der Waals surface area contributed by atoms with E-state index in [2.05, 4.69) is 0 Å². The van der Waals surface area contributed by atoms with Gasteiger partial charge in [0.05, 0.1) is 10.5 Å². The van der Waals surface area contributed by atoms with Crippen molar-refractivity contribution in [3.05, 3.63) is 29.8 Å². The fraction of sp³-hybridized carbons (Fsp3) is 0.417. The first-order valence-electron chi connectivity index (χ1n) is 5.76. The standard InChI is InChI=1S/C12H11F3O4S/c13-12(14,15)8-2-4-9(5-3-8)20(18,19)11(10(16)17)6-1-7-11/h2-5H,1,6-7H2,(H,16,17). The van der Waals surface area contributed by atoms with E-state index in [0.29, 0.717) is 18.6 Å². The lowest BCUT2D eigenvalue weighted by Crippen LogP contribution is -2.51. The van der Waals surface area contributed by atoms with E-state index < -0.39 is 37.2 Å². The molecule has 0 aromatic heterocycles. The predicted octanol–water partition coefficient (Wildman–Crippen LogP) is 2.49. The highest BCUT2D eigenvalue weighted by Gasteiger charge is 2.56. The highest BCUT2D eigenvalue weighted by molar-refractivity contribution is 7.93. The molecule has 8 heteroatoms. The van der Waals surface area contributed by atoms with E-state index in [1.165, 1.54) is 0 Å². The molecular formula is C12H11F3O4S. The number of halogens is 3. The Morgan fingerprint density at radius 3 is 1.95 bits per heavy atom. The molecule has 0 bridgehead atoms. The second-order valence-electron chi connectivity index (χ2n) is 4.68. The number of aliphatic carboxylic acids is 1. The van der Waals surface area contributed by atoms with Gasteiger partial charge in [-0.3, -0.25) is 4.79 Å². The summed E-state index contributed by atoms with van der Waals surface area (Å²) < 4.78 is 59.9. The predicted molar refractivity (Wildman–Crippen MR) is 62.8 cm³/mol. The van der Waals surface area contributed by atoms with Crippen LogP contribution < -0.4 is 0 Å². The van der Waals surface area contributed by atoms with Gasteiger partial charge >= 0.3 is 12.1 Å². The Bertz CT molecular complexity index is 628. The first-order valence-corrected chi connectivity index (χ1v) is 7.25. The average molecular weight is 308 g/mol. The van der Waals surface area contributed by atoms with E-state index >= 15 is 0 Å². The van der Waals surface area contributed by atoms with Crippen molar-refractivity contribution in [2.75, 3.05) is 0 Å². The second kappa shape index (κ2) is 4.47. The smallest absolute Gasteiger partial charge is 0.416 e. The van der Waals surface area contributed by atoms with Crippen molar-refractivity contribution in [2.45, 2.75) is 35.1 Å². The van der Waals surface area contributed by atoms with E-state index in [-0.39, 0.29) is 12.8 Å². The lowest BCUT2D eigenvalue weighted by Gasteiger charge is -2.36. The Kier molecular flexibility index (Phi) is 3.32. The molecule has 0 aliphatic heterocycles. The Morgan fingerprint density at radius 2 is 1.65 bits per heavy atom. The van der Waals surface area contributed by atoms with Crippen LogP contribution in [0.25, 0.3) is 0 Å². The Hall–Kier alpha value is -1.57. The third-order valence-corrected chi connectivity index (χ3v) is 6.06. The Morgan fingerprint density at radius 1 is 1.15 bits per heavy atom. The monoisotopic (exact) mass is 308 g/mol. The van der Waals surface area contributed by atoms with Gasteiger partial charge in [0.15, 0.2) is 14.6 Å². The normalized spacial score (nSPS) is 18.4. The zero-order valence-electron chi connectivity index (χ0n) is 10.1. The van der Waals surface area contributed by atoms with Crippen LogP contribution in [-0.4, -0.2) is 24.2 Å². The van der Waals surface area contributed by atoms with Crippen molar-refractivity contribution >= 4 is 15.8 Å². The minimum atomic E-state index is -4.57. The number of benzene rings is 1. The van der Waals surface area contributed by atoms with Crippen LogP contribution in [0.2, 0.25) is 0 Å². The van der Waals surface area contributed by atoms with Crippen LogP contribution in [0.1, 0.15) is 24.8 Å². The first-order chi connectivity index (χ1) is 9.11. The van der Waals surface area contributed by atoms with Gasteiger partial charge in [-0.15, -0.1) is 0 Å². The summed E-state index contributed by atoms with van der Waals surface area (Å²) in [6, 6.07) is 2.89. The van der Waals surface area contributed by atoms with Crippen LogP contribution in [0.15, 0.2) is 29.2 Å². The molecule has 110 valence electrons. The minimum absolute atomic E-state index is 0.0221. The van der Waals surface area contributed by atoms with Crippen molar-refractivity contribution in [3.8, 4) is 0 Å². The molecule has 0 saturated heterocycles. The summed E-state index contributed by atoms with van der Waals surface area (Å²) in [6.45, 7) is 0. The van der Waals surface area contributed by atoms with Gasteiger partial charge in [-0.05, 0) is 43.5 Å². The fourth-order valence-electron chi connectivity index (χ4n) is 2.14. The van der Waals surface area contributed by atoms with Crippen LogP contribution in [0.3, 0.4) is 0 Å². The maximum Gasteiger partial charge on any atom is 0.416 e. The highest BCUT2D eigenvalue weighted by Crippen LogP contribution is 2.43. The fourth-order valence-corrected chi connectivity index (χ4v) is 4.15. The third-order valence-electron chi connectivity index (χ3n) is 3.56. The minimum Gasteiger partial charge on any atom is -0.480 e. The lowest BCUT2D eigenvalue weighted by molar-refractivity contribution is -0.142. The van der Waals surface area contributed by atoms with Gasteiger partial charge < -0.3 is 5.11 Å². The summed E-state index contributed by atoms with van der Waals surface area (Å²) in [6.07, 6.45) is -4.15. The van der Waals surface area contributed by atoms with Crippen LogP contribution in [0, 0.1) is 0 Å². The molecular weight excluding hydrogens is 297 g/mol. The summed E-state index contributed by atoms with van der Waals surface area (Å²) in [5.41, 5.74) is -0.977. The van der Waals surface area contributed by atoms with Crippen molar-refractivity contribution in [1.82, 2.24) is 0 Å². The zero-order valence-corrected chi connectivity index (χ0v) is 11.0. The zero-order chi connectivity index (χ0) is 15.2. The van der Waals surface area contributed by atoms with E-state index in [1.54, 1.807) is 0 Å². The molecule has 1 fully saturated rings. The molecule has 20 heavy (non-hydrogen) atoms. The number of alkyl halides is 3. The number of carboxylic acids is 1. The second-order valence-corrected chi connectivity index (χ2v) is 6.94. The molecule has 1 saturated carbocycles. The van der Waals surface area contributed by atoms with Crippen LogP contribution in [0.4, 0.5) is 13.2 Å². The van der Waals surface area contributed by atoms with Gasteiger partial charge in [0, 0.05) is 0 Å². The molecule has 0 radical (unpaired) electrons. The summed E-state index contributed by atoms with van der Waals surface area (Å²) in [5.74, 6) is -1.45. The van der Waals surface area contributed by atoms with Gasteiger partial charge in [0.2, 0.25) is 0 Å². The largest absolute Gasteiger partial charge is 0.480 e.